The molecule has 0 saturated carbocycles. The van der Waals surface area contributed by atoms with Gasteiger partial charge in [0.15, 0.2) is 5.96 Å². The SMILES string of the molecule is CN=C(NCCCOc1ccccc1)NCc1cccc(CN2CCOC(C)C2)c1. The second-order valence-electron chi connectivity index (χ2n) is 7.60. The average molecular weight is 411 g/mol. The zero-order chi connectivity index (χ0) is 21.0. The van der Waals surface area contributed by atoms with Crippen LogP contribution < -0.4 is 15.4 Å². The molecule has 6 nitrogen and oxygen atoms in total. The van der Waals surface area contributed by atoms with Crippen LogP contribution in [0.4, 0.5) is 0 Å². The van der Waals surface area contributed by atoms with E-state index >= 15 is 0 Å². The quantitative estimate of drug-likeness (QED) is 0.378. The van der Waals surface area contributed by atoms with Crippen molar-refractivity contribution in [3.63, 3.8) is 0 Å². The zero-order valence-electron chi connectivity index (χ0n) is 18.1. The molecule has 1 unspecified atom stereocenters. The molecule has 0 spiro atoms. The number of morpholine rings is 1. The van der Waals surface area contributed by atoms with Crippen molar-refractivity contribution in [1.29, 1.82) is 0 Å². The van der Waals surface area contributed by atoms with Crippen molar-refractivity contribution >= 4 is 5.96 Å². The molecule has 0 radical (unpaired) electrons. The molecule has 1 aliphatic rings. The number of rotatable bonds is 9. The van der Waals surface area contributed by atoms with Crippen molar-refractivity contribution in [2.75, 3.05) is 39.9 Å². The molecule has 1 saturated heterocycles. The van der Waals surface area contributed by atoms with Gasteiger partial charge in [0, 0.05) is 39.8 Å². The van der Waals surface area contributed by atoms with Crippen molar-refractivity contribution in [3.8, 4) is 5.75 Å². The molecule has 2 aromatic carbocycles. The lowest BCUT2D eigenvalue weighted by atomic mass is 10.1. The van der Waals surface area contributed by atoms with Crippen LogP contribution in [0.1, 0.15) is 24.5 Å². The number of hydrogen-bond acceptors (Lipinski definition) is 4. The van der Waals surface area contributed by atoms with Crippen LogP contribution >= 0.6 is 0 Å². The van der Waals surface area contributed by atoms with Crippen LogP contribution in [0.15, 0.2) is 59.6 Å². The van der Waals surface area contributed by atoms with Gasteiger partial charge in [0.25, 0.3) is 0 Å². The van der Waals surface area contributed by atoms with Crippen LogP contribution in [-0.4, -0.2) is 56.9 Å². The first-order valence-electron chi connectivity index (χ1n) is 10.8. The Morgan fingerprint density at radius 3 is 2.77 bits per heavy atom. The van der Waals surface area contributed by atoms with Gasteiger partial charge in [-0.25, -0.2) is 0 Å². The Bertz CT molecular complexity index is 782. The maximum absolute atomic E-state index is 5.72. The van der Waals surface area contributed by atoms with Gasteiger partial charge in [-0.2, -0.15) is 0 Å². The highest BCUT2D eigenvalue weighted by molar-refractivity contribution is 5.79. The molecule has 2 aromatic rings. The Kier molecular flexibility index (Phi) is 9.00. The topological polar surface area (TPSA) is 58.1 Å². The van der Waals surface area contributed by atoms with E-state index in [1.807, 2.05) is 30.3 Å². The van der Waals surface area contributed by atoms with E-state index in [9.17, 15) is 0 Å². The summed E-state index contributed by atoms with van der Waals surface area (Å²) in [4.78, 5) is 6.77. The summed E-state index contributed by atoms with van der Waals surface area (Å²) in [6.45, 7) is 8.14. The molecule has 0 aliphatic carbocycles. The first kappa shape index (κ1) is 22.1. The molecule has 0 bridgehead atoms. The highest BCUT2D eigenvalue weighted by Gasteiger charge is 2.16. The summed E-state index contributed by atoms with van der Waals surface area (Å²) in [5.74, 6) is 1.72. The van der Waals surface area contributed by atoms with Crippen LogP contribution in [0.25, 0.3) is 0 Å². The Hall–Kier alpha value is -2.57. The second-order valence-corrected chi connectivity index (χ2v) is 7.60. The van der Waals surface area contributed by atoms with Gasteiger partial charge in [-0.05, 0) is 36.6 Å². The predicted octanol–water partition coefficient (Wildman–Crippen LogP) is 3.04. The Morgan fingerprint density at radius 1 is 1.13 bits per heavy atom. The van der Waals surface area contributed by atoms with Gasteiger partial charge >= 0.3 is 0 Å². The highest BCUT2D eigenvalue weighted by Crippen LogP contribution is 2.12. The minimum atomic E-state index is 0.316. The van der Waals surface area contributed by atoms with E-state index in [4.69, 9.17) is 9.47 Å². The highest BCUT2D eigenvalue weighted by atomic mass is 16.5. The van der Waals surface area contributed by atoms with Gasteiger partial charge in [0.05, 0.1) is 19.3 Å². The summed E-state index contributed by atoms with van der Waals surface area (Å²) in [6.07, 6.45) is 1.22. The number of benzene rings is 2. The molecule has 2 N–H and O–H groups in total. The Morgan fingerprint density at radius 2 is 1.97 bits per heavy atom. The van der Waals surface area contributed by atoms with Crippen molar-refractivity contribution in [2.24, 2.45) is 4.99 Å². The van der Waals surface area contributed by atoms with Gasteiger partial charge in [0.1, 0.15) is 5.75 Å². The van der Waals surface area contributed by atoms with Crippen LogP contribution in [0.2, 0.25) is 0 Å². The van der Waals surface area contributed by atoms with Gasteiger partial charge < -0.3 is 20.1 Å². The van der Waals surface area contributed by atoms with E-state index in [1.165, 1.54) is 11.1 Å². The normalized spacial score (nSPS) is 17.5. The summed E-state index contributed by atoms with van der Waals surface area (Å²) >= 11 is 0. The van der Waals surface area contributed by atoms with Gasteiger partial charge in [-0.15, -0.1) is 0 Å². The largest absolute Gasteiger partial charge is 0.494 e. The summed E-state index contributed by atoms with van der Waals surface area (Å²) in [7, 11) is 1.80. The van der Waals surface area contributed by atoms with Crippen molar-refractivity contribution < 1.29 is 9.47 Å². The number of ether oxygens (including phenoxy) is 2. The molecule has 30 heavy (non-hydrogen) atoms. The van der Waals surface area contributed by atoms with Gasteiger partial charge in [-0.3, -0.25) is 9.89 Å². The van der Waals surface area contributed by atoms with E-state index < -0.39 is 0 Å². The number of nitrogens with one attached hydrogen (secondary N) is 2. The number of aliphatic imine (C=N–C) groups is 1. The fourth-order valence-electron chi connectivity index (χ4n) is 3.52. The minimum absolute atomic E-state index is 0.316. The summed E-state index contributed by atoms with van der Waals surface area (Å²) in [5, 5.41) is 6.74. The molecule has 3 rings (SSSR count). The van der Waals surface area contributed by atoms with E-state index in [2.05, 4.69) is 51.7 Å². The number of nitrogens with zero attached hydrogens (tertiary/aromatic N) is 2. The van der Waals surface area contributed by atoms with Gasteiger partial charge in [-0.1, -0.05) is 42.5 Å². The smallest absolute Gasteiger partial charge is 0.191 e. The third kappa shape index (κ3) is 7.69. The van der Waals surface area contributed by atoms with E-state index in [0.717, 1.165) is 57.5 Å². The average Bonchev–Trinajstić information content (AvgIpc) is 2.77. The Labute approximate surface area is 180 Å². The summed E-state index contributed by atoms with van der Waals surface area (Å²) < 4.78 is 11.4. The molecule has 0 amide bonds. The van der Waals surface area contributed by atoms with Crippen LogP contribution in [0.3, 0.4) is 0 Å². The molecule has 0 aromatic heterocycles. The molecule has 162 valence electrons. The maximum Gasteiger partial charge on any atom is 0.191 e. The fraction of sp³-hybridized carbons (Fsp3) is 0.458. The monoisotopic (exact) mass is 410 g/mol. The van der Waals surface area contributed by atoms with E-state index in [1.54, 1.807) is 7.05 Å². The van der Waals surface area contributed by atoms with Crippen molar-refractivity contribution in [2.45, 2.75) is 32.5 Å². The van der Waals surface area contributed by atoms with Crippen molar-refractivity contribution in [3.05, 3.63) is 65.7 Å². The first-order chi connectivity index (χ1) is 14.7. The van der Waals surface area contributed by atoms with Crippen LogP contribution in [0, 0.1) is 0 Å². The third-order valence-electron chi connectivity index (χ3n) is 5.03. The first-order valence-corrected chi connectivity index (χ1v) is 10.8. The molecule has 6 heteroatoms. The van der Waals surface area contributed by atoms with E-state index in [0.29, 0.717) is 12.7 Å². The lowest BCUT2D eigenvalue weighted by Crippen LogP contribution is -2.40. The van der Waals surface area contributed by atoms with Crippen LogP contribution in [-0.2, 0) is 17.8 Å². The number of para-hydroxylation sites is 1. The molecule has 1 atom stereocenters. The maximum atomic E-state index is 5.72. The summed E-state index contributed by atoms with van der Waals surface area (Å²) in [5.41, 5.74) is 2.59. The second kappa shape index (κ2) is 12.2. The number of guanidine groups is 1. The molecular weight excluding hydrogens is 376 g/mol. The fourth-order valence-corrected chi connectivity index (χ4v) is 3.52. The standard InChI is InChI=1S/C24H34N4O2/c1-20-18-28(13-15-29-20)19-22-9-6-8-21(16-22)17-27-24(25-2)26-12-7-14-30-23-10-4-3-5-11-23/h3-6,8-11,16,20H,7,12-15,17-19H2,1-2H3,(H2,25,26,27). The lowest BCUT2D eigenvalue weighted by molar-refractivity contribution is -0.0212. The van der Waals surface area contributed by atoms with E-state index in [-0.39, 0.29) is 0 Å². The molecule has 1 heterocycles. The molecule has 1 fully saturated rings. The van der Waals surface area contributed by atoms with Crippen LogP contribution in [0.5, 0.6) is 5.75 Å². The Balaban J connectivity index is 1.37. The zero-order valence-corrected chi connectivity index (χ0v) is 18.1. The van der Waals surface area contributed by atoms with Crippen molar-refractivity contribution in [1.82, 2.24) is 15.5 Å². The lowest BCUT2D eigenvalue weighted by Gasteiger charge is -2.31. The predicted molar refractivity (Wildman–Crippen MR) is 122 cm³/mol. The van der Waals surface area contributed by atoms with Gasteiger partial charge in [0.2, 0.25) is 0 Å². The molecular formula is C24H34N4O2. The minimum Gasteiger partial charge on any atom is -0.494 e. The third-order valence-corrected chi connectivity index (χ3v) is 5.03. The molecule has 1 aliphatic heterocycles. The number of hydrogen-bond donors (Lipinski definition) is 2. The summed E-state index contributed by atoms with van der Waals surface area (Å²) in [6, 6.07) is 18.7.